The van der Waals surface area contributed by atoms with Crippen LogP contribution in [0.4, 0.5) is 11.4 Å². The fraction of sp³-hybridized carbons (Fsp3) is 0.273. The number of carbonyl (C=O) groups is 2. The van der Waals surface area contributed by atoms with Crippen molar-refractivity contribution < 1.29 is 9.59 Å². The summed E-state index contributed by atoms with van der Waals surface area (Å²) in [5, 5.41) is 8.25. The third-order valence-electron chi connectivity index (χ3n) is 2.35. The van der Waals surface area contributed by atoms with Gasteiger partial charge in [-0.15, -0.1) is 12.4 Å². The maximum absolute atomic E-state index is 11.3. The first-order valence-corrected chi connectivity index (χ1v) is 5.06. The molecule has 0 aromatic heterocycles. The van der Waals surface area contributed by atoms with Crippen molar-refractivity contribution in [3.8, 4) is 0 Å². The van der Waals surface area contributed by atoms with Gasteiger partial charge in [-0.05, 0) is 30.8 Å². The molecule has 3 N–H and O–H groups in total. The molecule has 92 valence electrons. The minimum absolute atomic E-state index is 0. The van der Waals surface area contributed by atoms with Crippen molar-refractivity contribution in [1.82, 2.24) is 5.32 Å². The zero-order chi connectivity index (χ0) is 11.5. The van der Waals surface area contributed by atoms with Crippen molar-refractivity contribution in [2.45, 2.75) is 6.42 Å². The van der Waals surface area contributed by atoms with Crippen molar-refractivity contribution in [2.24, 2.45) is 0 Å². The van der Waals surface area contributed by atoms with Crippen LogP contribution >= 0.6 is 12.4 Å². The summed E-state index contributed by atoms with van der Waals surface area (Å²) in [7, 11) is 1.71. The highest BCUT2D eigenvalue weighted by Gasteiger charge is 2.17. The Hall–Kier alpha value is -1.59. The van der Waals surface area contributed by atoms with Gasteiger partial charge >= 0.3 is 0 Å². The third kappa shape index (κ3) is 3.18. The number of rotatable bonds is 3. The molecule has 0 atom stereocenters. The second-order valence-electron chi connectivity index (χ2n) is 3.68. The lowest BCUT2D eigenvalue weighted by atomic mass is 10.1. The molecule has 1 aliphatic heterocycles. The second kappa shape index (κ2) is 5.65. The summed E-state index contributed by atoms with van der Waals surface area (Å²) in [6.07, 6.45) is 0.380. The maximum atomic E-state index is 11.3. The molecule has 17 heavy (non-hydrogen) atoms. The molecule has 1 aromatic carbocycles. The Kier molecular flexibility index (Phi) is 4.48. The summed E-state index contributed by atoms with van der Waals surface area (Å²) >= 11 is 0. The molecule has 0 aliphatic carbocycles. The zero-order valence-electron chi connectivity index (χ0n) is 9.37. The number of anilines is 2. The number of amides is 2. The maximum Gasteiger partial charge on any atom is 0.238 e. The summed E-state index contributed by atoms with van der Waals surface area (Å²) in [4.78, 5) is 22.4. The number of hydrogen-bond acceptors (Lipinski definition) is 3. The first-order chi connectivity index (χ1) is 7.69. The van der Waals surface area contributed by atoms with Crippen LogP contribution in [0.25, 0.3) is 0 Å². The van der Waals surface area contributed by atoms with Crippen LogP contribution in [0.3, 0.4) is 0 Å². The fourth-order valence-electron chi connectivity index (χ4n) is 1.67. The standard InChI is InChI=1S/C11H13N3O2.ClH/c1-12-6-11(16)13-8-2-3-9-7(4-8)5-10(15)14-9;/h2-4,12H,5-6H2,1H3,(H,13,16)(H,14,15);1H. The lowest BCUT2D eigenvalue weighted by Gasteiger charge is -2.06. The summed E-state index contributed by atoms with van der Waals surface area (Å²) < 4.78 is 0. The van der Waals surface area contributed by atoms with Gasteiger partial charge < -0.3 is 16.0 Å². The van der Waals surface area contributed by atoms with E-state index in [9.17, 15) is 9.59 Å². The minimum atomic E-state index is -0.0975. The van der Waals surface area contributed by atoms with E-state index in [-0.39, 0.29) is 30.8 Å². The van der Waals surface area contributed by atoms with Crippen LogP contribution in [-0.4, -0.2) is 25.4 Å². The summed E-state index contributed by atoms with van der Waals surface area (Å²) in [5.74, 6) is -0.103. The van der Waals surface area contributed by atoms with E-state index in [1.807, 2.05) is 6.07 Å². The largest absolute Gasteiger partial charge is 0.326 e. The normalized spacial score (nSPS) is 12.4. The Morgan fingerprint density at radius 3 is 2.94 bits per heavy atom. The average Bonchev–Trinajstić information content (AvgIpc) is 2.57. The predicted octanol–water partition coefficient (Wildman–Crippen LogP) is 0.761. The van der Waals surface area contributed by atoms with Gasteiger partial charge in [-0.2, -0.15) is 0 Å². The van der Waals surface area contributed by atoms with E-state index in [0.717, 1.165) is 16.9 Å². The Labute approximate surface area is 105 Å². The molecular weight excluding hydrogens is 242 g/mol. The van der Waals surface area contributed by atoms with Crippen LogP contribution in [0.1, 0.15) is 5.56 Å². The van der Waals surface area contributed by atoms with Crippen molar-refractivity contribution in [3.63, 3.8) is 0 Å². The van der Waals surface area contributed by atoms with Crippen LogP contribution in [0.15, 0.2) is 18.2 Å². The third-order valence-corrected chi connectivity index (χ3v) is 2.35. The summed E-state index contributed by atoms with van der Waals surface area (Å²) in [6.45, 7) is 0.272. The molecule has 1 aromatic rings. The molecule has 1 aliphatic rings. The predicted molar refractivity (Wildman–Crippen MR) is 68.6 cm³/mol. The van der Waals surface area contributed by atoms with Crippen LogP contribution in [0.2, 0.25) is 0 Å². The van der Waals surface area contributed by atoms with Crippen LogP contribution < -0.4 is 16.0 Å². The molecule has 0 fully saturated rings. The van der Waals surface area contributed by atoms with E-state index in [1.54, 1.807) is 19.2 Å². The lowest BCUT2D eigenvalue weighted by molar-refractivity contribution is -0.116. The van der Waals surface area contributed by atoms with E-state index in [0.29, 0.717) is 6.42 Å². The number of nitrogens with one attached hydrogen (secondary N) is 3. The molecule has 0 saturated heterocycles. The van der Waals surface area contributed by atoms with E-state index in [2.05, 4.69) is 16.0 Å². The number of fused-ring (bicyclic) bond motifs is 1. The number of carbonyl (C=O) groups excluding carboxylic acids is 2. The Morgan fingerprint density at radius 2 is 2.24 bits per heavy atom. The van der Waals surface area contributed by atoms with Gasteiger partial charge in [0.15, 0.2) is 0 Å². The van der Waals surface area contributed by atoms with E-state index >= 15 is 0 Å². The van der Waals surface area contributed by atoms with Crippen molar-refractivity contribution in [2.75, 3.05) is 24.2 Å². The highest BCUT2D eigenvalue weighted by atomic mass is 35.5. The molecule has 0 bridgehead atoms. The number of hydrogen-bond donors (Lipinski definition) is 3. The van der Waals surface area contributed by atoms with E-state index in [4.69, 9.17) is 0 Å². The molecule has 1 heterocycles. The van der Waals surface area contributed by atoms with Gasteiger partial charge in [0.1, 0.15) is 0 Å². The summed E-state index contributed by atoms with van der Waals surface area (Å²) in [5.41, 5.74) is 2.47. The topological polar surface area (TPSA) is 70.2 Å². The van der Waals surface area contributed by atoms with Crippen molar-refractivity contribution in [3.05, 3.63) is 23.8 Å². The van der Waals surface area contributed by atoms with Gasteiger partial charge in [0, 0.05) is 11.4 Å². The van der Waals surface area contributed by atoms with Crippen LogP contribution in [0, 0.1) is 0 Å². The molecule has 2 amide bonds. The fourth-order valence-corrected chi connectivity index (χ4v) is 1.67. The molecule has 0 radical (unpaired) electrons. The molecule has 5 nitrogen and oxygen atoms in total. The monoisotopic (exact) mass is 255 g/mol. The molecule has 0 spiro atoms. The Morgan fingerprint density at radius 1 is 1.47 bits per heavy atom. The number of benzene rings is 1. The molecule has 0 saturated carbocycles. The van der Waals surface area contributed by atoms with Gasteiger partial charge in [-0.25, -0.2) is 0 Å². The van der Waals surface area contributed by atoms with Crippen LogP contribution in [0.5, 0.6) is 0 Å². The first-order valence-electron chi connectivity index (χ1n) is 5.06. The molecule has 2 rings (SSSR count). The first kappa shape index (κ1) is 13.5. The van der Waals surface area contributed by atoms with Gasteiger partial charge in [0.05, 0.1) is 13.0 Å². The van der Waals surface area contributed by atoms with Crippen molar-refractivity contribution in [1.29, 1.82) is 0 Å². The van der Waals surface area contributed by atoms with Gasteiger partial charge in [0.2, 0.25) is 11.8 Å². The number of likely N-dealkylation sites (N-methyl/N-ethyl adjacent to an activating group) is 1. The zero-order valence-corrected chi connectivity index (χ0v) is 10.2. The highest BCUT2D eigenvalue weighted by Crippen LogP contribution is 2.25. The smallest absolute Gasteiger partial charge is 0.238 e. The van der Waals surface area contributed by atoms with Gasteiger partial charge in [0.25, 0.3) is 0 Å². The number of halogens is 1. The Bertz CT molecular complexity index is 448. The minimum Gasteiger partial charge on any atom is -0.326 e. The van der Waals surface area contributed by atoms with E-state index in [1.165, 1.54) is 0 Å². The summed E-state index contributed by atoms with van der Waals surface area (Å²) in [6, 6.07) is 5.40. The molecular formula is C11H14ClN3O2. The van der Waals surface area contributed by atoms with Crippen molar-refractivity contribution >= 4 is 35.6 Å². The van der Waals surface area contributed by atoms with Crippen LogP contribution in [-0.2, 0) is 16.0 Å². The van der Waals surface area contributed by atoms with Gasteiger partial charge in [-0.1, -0.05) is 0 Å². The average molecular weight is 256 g/mol. The lowest BCUT2D eigenvalue weighted by Crippen LogP contribution is -2.25. The quantitative estimate of drug-likeness (QED) is 0.747. The molecule has 6 heteroatoms. The van der Waals surface area contributed by atoms with E-state index < -0.39 is 0 Å². The van der Waals surface area contributed by atoms with Gasteiger partial charge in [-0.3, -0.25) is 9.59 Å². The second-order valence-corrected chi connectivity index (χ2v) is 3.68. The SMILES string of the molecule is CNCC(=O)Nc1ccc2c(c1)CC(=O)N2.Cl. The highest BCUT2D eigenvalue weighted by molar-refractivity contribution is 6.00. The molecule has 0 unspecified atom stereocenters. The Balaban J connectivity index is 0.00000144.